The van der Waals surface area contributed by atoms with Gasteiger partial charge in [0.05, 0.1) is 11.7 Å². The number of rotatable bonds is 1. The Morgan fingerprint density at radius 2 is 2.07 bits per heavy atom. The van der Waals surface area contributed by atoms with Gasteiger partial charge < -0.3 is 14.2 Å². The second kappa shape index (κ2) is 3.29. The highest BCUT2D eigenvalue weighted by Crippen LogP contribution is 2.31. The van der Waals surface area contributed by atoms with E-state index >= 15 is 0 Å². The molecule has 1 aromatic rings. The minimum absolute atomic E-state index is 0.0884. The van der Waals surface area contributed by atoms with Crippen LogP contribution in [0.2, 0.25) is 0 Å². The zero-order chi connectivity index (χ0) is 11.2. The average molecular weight is 208 g/mol. The van der Waals surface area contributed by atoms with E-state index in [1.165, 1.54) is 5.56 Å². The van der Waals surface area contributed by atoms with Crippen LogP contribution in [0.3, 0.4) is 0 Å². The maximum Gasteiger partial charge on any atom is 0.410 e. The number of aryl methyl sites for hydroxylation is 2. The van der Waals surface area contributed by atoms with Crippen LogP contribution in [-0.4, -0.2) is 28.6 Å². The molecule has 15 heavy (non-hydrogen) atoms. The normalized spacial score (nSPS) is 25.9. The molecule has 0 aliphatic carbocycles. The summed E-state index contributed by atoms with van der Waals surface area (Å²) in [4.78, 5) is 13.0. The van der Waals surface area contributed by atoms with Crippen LogP contribution in [0.1, 0.15) is 24.3 Å². The van der Waals surface area contributed by atoms with Gasteiger partial charge in [-0.1, -0.05) is 0 Å². The Morgan fingerprint density at radius 1 is 1.40 bits per heavy atom. The van der Waals surface area contributed by atoms with Crippen molar-refractivity contribution in [3.8, 4) is 0 Å². The molecule has 0 N–H and O–H groups in total. The zero-order valence-electron chi connectivity index (χ0n) is 9.52. The van der Waals surface area contributed by atoms with E-state index in [1.807, 2.05) is 31.7 Å². The Labute approximate surface area is 89.4 Å². The van der Waals surface area contributed by atoms with Crippen LogP contribution >= 0.6 is 0 Å². The average Bonchev–Trinajstić information content (AvgIpc) is 2.61. The summed E-state index contributed by atoms with van der Waals surface area (Å²) in [6.45, 7) is 4.03. The molecule has 1 fully saturated rings. The third-order valence-corrected chi connectivity index (χ3v) is 3.04. The molecule has 1 aliphatic rings. The molecule has 0 unspecified atom stereocenters. The second-order valence-corrected chi connectivity index (χ2v) is 4.21. The number of aromatic nitrogens is 1. The zero-order valence-corrected chi connectivity index (χ0v) is 9.52. The molecule has 2 atom stereocenters. The first-order valence-corrected chi connectivity index (χ1v) is 5.07. The van der Waals surface area contributed by atoms with Gasteiger partial charge in [0.2, 0.25) is 0 Å². The van der Waals surface area contributed by atoms with Crippen LogP contribution < -0.4 is 0 Å². The molecule has 82 valence electrons. The lowest BCUT2D eigenvalue weighted by Crippen LogP contribution is -2.27. The third-order valence-electron chi connectivity index (χ3n) is 3.04. The third kappa shape index (κ3) is 1.50. The van der Waals surface area contributed by atoms with Gasteiger partial charge in [-0.15, -0.1) is 0 Å². The number of cyclic esters (lactones) is 1. The fraction of sp³-hybridized carbons (Fsp3) is 0.545. The van der Waals surface area contributed by atoms with E-state index in [1.54, 1.807) is 11.9 Å². The lowest BCUT2D eigenvalue weighted by Gasteiger charge is -2.16. The summed E-state index contributed by atoms with van der Waals surface area (Å²) in [5.41, 5.74) is 2.24. The van der Waals surface area contributed by atoms with Crippen molar-refractivity contribution in [1.82, 2.24) is 9.47 Å². The molecule has 4 nitrogen and oxygen atoms in total. The maximum absolute atomic E-state index is 11.4. The SMILES string of the molecule is Cc1cc([C@H]2OC(=O)N(C)[C@H]2C)n(C)c1. The fourth-order valence-corrected chi connectivity index (χ4v) is 2.00. The minimum Gasteiger partial charge on any atom is -0.437 e. The van der Waals surface area contributed by atoms with Crippen molar-refractivity contribution in [2.75, 3.05) is 7.05 Å². The van der Waals surface area contributed by atoms with Crippen molar-refractivity contribution in [2.24, 2.45) is 7.05 Å². The number of hydrogen-bond acceptors (Lipinski definition) is 2. The van der Waals surface area contributed by atoms with Crippen molar-refractivity contribution < 1.29 is 9.53 Å². The van der Waals surface area contributed by atoms with Crippen molar-refractivity contribution in [1.29, 1.82) is 0 Å². The van der Waals surface area contributed by atoms with Crippen LogP contribution in [0.4, 0.5) is 4.79 Å². The predicted octanol–water partition coefficient (Wildman–Crippen LogP) is 1.85. The highest BCUT2D eigenvalue weighted by atomic mass is 16.6. The van der Waals surface area contributed by atoms with Gasteiger partial charge in [-0.2, -0.15) is 0 Å². The molecule has 1 aromatic heterocycles. The summed E-state index contributed by atoms with van der Waals surface area (Å²) < 4.78 is 7.35. The van der Waals surface area contributed by atoms with E-state index < -0.39 is 0 Å². The topological polar surface area (TPSA) is 34.5 Å². The van der Waals surface area contributed by atoms with E-state index in [-0.39, 0.29) is 18.2 Å². The first-order valence-electron chi connectivity index (χ1n) is 5.07. The van der Waals surface area contributed by atoms with Crippen molar-refractivity contribution in [3.63, 3.8) is 0 Å². The molecule has 0 bridgehead atoms. The van der Waals surface area contributed by atoms with Gasteiger partial charge in [0.15, 0.2) is 6.10 Å². The Balaban J connectivity index is 2.33. The van der Waals surface area contributed by atoms with Gasteiger partial charge in [-0.25, -0.2) is 4.79 Å². The van der Waals surface area contributed by atoms with Gasteiger partial charge in [0, 0.05) is 20.3 Å². The number of amides is 1. The molecule has 1 saturated heterocycles. The van der Waals surface area contributed by atoms with E-state index in [2.05, 4.69) is 6.07 Å². The van der Waals surface area contributed by atoms with Gasteiger partial charge >= 0.3 is 6.09 Å². The molecule has 1 amide bonds. The summed E-state index contributed by atoms with van der Waals surface area (Å²) in [5.74, 6) is 0. The number of nitrogens with zero attached hydrogens (tertiary/aromatic N) is 2. The van der Waals surface area contributed by atoms with Crippen LogP contribution in [0.25, 0.3) is 0 Å². The first-order chi connectivity index (χ1) is 7.00. The number of ether oxygens (including phenoxy) is 1. The summed E-state index contributed by atoms with van der Waals surface area (Å²) in [5, 5.41) is 0. The highest BCUT2D eigenvalue weighted by Gasteiger charge is 2.38. The van der Waals surface area contributed by atoms with E-state index in [4.69, 9.17) is 4.74 Å². The molecular formula is C11H16N2O2. The molecule has 0 spiro atoms. The second-order valence-electron chi connectivity index (χ2n) is 4.21. The van der Waals surface area contributed by atoms with Crippen LogP contribution in [0, 0.1) is 6.92 Å². The van der Waals surface area contributed by atoms with E-state index in [0.29, 0.717) is 0 Å². The van der Waals surface area contributed by atoms with E-state index in [9.17, 15) is 4.79 Å². The quantitative estimate of drug-likeness (QED) is 0.705. The van der Waals surface area contributed by atoms with Gasteiger partial charge in [-0.05, 0) is 25.5 Å². The number of likely N-dealkylation sites (N-methyl/N-ethyl adjacent to an activating group) is 1. The molecule has 0 aromatic carbocycles. The van der Waals surface area contributed by atoms with Gasteiger partial charge in [0.25, 0.3) is 0 Å². The lowest BCUT2D eigenvalue weighted by molar-refractivity contribution is 0.128. The van der Waals surface area contributed by atoms with E-state index in [0.717, 1.165) is 5.69 Å². The van der Waals surface area contributed by atoms with Crippen LogP contribution in [-0.2, 0) is 11.8 Å². The summed E-state index contributed by atoms with van der Waals surface area (Å²) in [6.07, 6.45) is 1.64. The molecule has 0 radical (unpaired) electrons. The highest BCUT2D eigenvalue weighted by molar-refractivity contribution is 5.70. The number of carbonyl (C=O) groups is 1. The number of hydrogen-bond donors (Lipinski definition) is 0. The minimum atomic E-state index is -0.244. The molecule has 4 heteroatoms. The fourth-order valence-electron chi connectivity index (χ4n) is 2.00. The van der Waals surface area contributed by atoms with Crippen molar-refractivity contribution in [3.05, 3.63) is 23.5 Å². The lowest BCUT2D eigenvalue weighted by atomic mass is 10.1. The molecule has 1 aliphatic heterocycles. The summed E-state index contributed by atoms with van der Waals surface area (Å²) in [7, 11) is 3.74. The van der Waals surface area contributed by atoms with Crippen molar-refractivity contribution >= 4 is 6.09 Å². The van der Waals surface area contributed by atoms with Crippen molar-refractivity contribution in [2.45, 2.75) is 26.0 Å². The summed E-state index contributed by atoms with van der Waals surface area (Å²) in [6, 6.07) is 2.15. The smallest absolute Gasteiger partial charge is 0.410 e. The Morgan fingerprint density at radius 3 is 2.47 bits per heavy atom. The maximum atomic E-state index is 11.4. The van der Waals surface area contributed by atoms with Gasteiger partial charge in [0.1, 0.15) is 0 Å². The van der Waals surface area contributed by atoms with Crippen LogP contribution in [0.15, 0.2) is 12.3 Å². The first kappa shape index (κ1) is 10.1. The van der Waals surface area contributed by atoms with Crippen LogP contribution in [0.5, 0.6) is 0 Å². The molecule has 0 saturated carbocycles. The summed E-state index contributed by atoms with van der Waals surface area (Å²) >= 11 is 0. The molecule has 2 rings (SSSR count). The largest absolute Gasteiger partial charge is 0.437 e. The Hall–Kier alpha value is -1.45. The number of carbonyl (C=O) groups excluding carboxylic acids is 1. The standard InChI is InChI=1S/C11H16N2O2/c1-7-5-9(12(3)6-7)10-8(2)13(4)11(14)15-10/h5-6,8,10H,1-4H3/t8-,10-/m0/s1. The molecule has 2 heterocycles. The monoisotopic (exact) mass is 208 g/mol. The Kier molecular flexibility index (Phi) is 2.21. The van der Waals surface area contributed by atoms with Gasteiger partial charge in [-0.3, -0.25) is 0 Å². The predicted molar refractivity (Wildman–Crippen MR) is 56.6 cm³/mol. The molecular weight excluding hydrogens is 192 g/mol. The Bertz CT molecular complexity index is 397.